The molecule has 0 aliphatic heterocycles. The van der Waals surface area contributed by atoms with Crippen LogP contribution in [-0.2, 0) is 0 Å². The molecule has 2 heteroatoms. The molecule has 0 aromatic heterocycles. The fourth-order valence-electron chi connectivity index (χ4n) is 1.13. The van der Waals surface area contributed by atoms with E-state index in [9.17, 15) is 0 Å². The number of aliphatic hydroxyl groups is 1. The normalized spacial score (nSPS) is 30.6. The molecule has 10 heavy (non-hydrogen) atoms. The zero-order valence-electron chi connectivity index (χ0n) is 6.64. The molecule has 2 unspecified atom stereocenters. The van der Waals surface area contributed by atoms with Gasteiger partial charge in [0.15, 0.2) is 0 Å². The van der Waals surface area contributed by atoms with E-state index in [0.717, 1.165) is 31.3 Å². The van der Waals surface area contributed by atoms with Gasteiger partial charge in [0.1, 0.15) is 0 Å². The first-order valence-corrected chi connectivity index (χ1v) is 4.19. The van der Waals surface area contributed by atoms with Crippen LogP contribution in [0.25, 0.3) is 0 Å². The second kappa shape index (κ2) is 3.94. The van der Waals surface area contributed by atoms with Crippen molar-refractivity contribution in [2.75, 3.05) is 13.2 Å². The summed E-state index contributed by atoms with van der Waals surface area (Å²) in [7, 11) is 0. The molecule has 0 bridgehead atoms. The number of hydrogen-bond acceptors (Lipinski definition) is 2. The number of unbranched alkanes of at least 4 members (excludes halogenated alkanes) is 1. The largest absolute Gasteiger partial charge is 0.396 e. The summed E-state index contributed by atoms with van der Waals surface area (Å²) in [5.74, 6) is 0.897. The number of hydrogen-bond donors (Lipinski definition) is 2. The molecule has 60 valence electrons. The van der Waals surface area contributed by atoms with Crippen molar-refractivity contribution in [2.45, 2.75) is 32.2 Å². The van der Waals surface area contributed by atoms with Crippen molar-refractivity contribution in [3.63, 3.8) is 0 Å². The van der Waals surface area contributed by atoms with Crippen LogP contribution in [0.3, 0.4) is 0 Å². The standard InChI is InChI=1S/C8H17NO/c1-7-6-8(7)9-4-2-3-5-10/h7-10H,2-6H2,1H3. The van der Waals surface area contributed by atoms with Gasteiger partial charge in [-0.1, -0.05) is 6.92 Å². The molecule has 0 saturated heterocycles. The van der Waals surface area contributed by atoms with Gasteiger partial charge in [-0.3, -0.25) is 0 Å². The lowest BCUT2D eigenvalue weighted by Crippen LogP contribution is -2.19. The Morgan fingerprint density at radius 2 is 2.20 bits per heavy atom. The van der Waals surface area contributed by atoms with Crippen molar-refractivity contribution in [2.24, 2.45) is 5.92 Å². The first-order chi connectivity index (χ1) is 4.84. The van der Waals surface area contributed by atoms with Crippen molar-refractivity contribution in [3.05, 3.63) is 0 Å². The summed E-state index contributed by atoms with van der Waals surface area (Å²) in [4.78, 5) is 0. The fourth-order valence-corrected chi connectivity index (χ4v) is 1.13. The van der Waals surface area contributed by atoms with Crippen LogP contribution in [0.1, 0.15) is 26.2 Å². The minimum Gasteiger partial charge on any atom is -0.396 e. The Hall–Kier alpha value is -0.0800. The van der Waals surface area contributed by atoms with Crippen molar-refractivity contribution in [1.29, 1.82) is 0 Å². The van der Waals surface area contributed by atoms with Crippen LogP contribution in [0.5, 0.6) is 0 Å². The van der Waals surface area contributed by atoms with Gasteiger partial charge in [0.05, 0.1) is 0 Å². The highest BCUT2D eigenvalue weighted by Crippen LogP contribution is 2.28. The van der Waals surface area contributed by atoms with Crippen LogP contribution < -0.4 is 5.32 Å². The van der Waals surface area contributed by atoms with Gasteiger partial charge in [-0.2, -0.15) is 0 Å². The van der Waals surface area contributed by atoms with Crippen LogP contribution in [0.2, 0.25) is 0 Å². The van der Waals surface area contributed by atoms with E-state index in [1.807, 2.05) is 0 Å². The Morgan fingerprint density at radius 1 is 1.50 bits per heavy atom. The Labute approximate surface area is 62.6 Å². The summed E-state index contributed by atoms with van der Waals surface area (Å²) in [5.41, 5.74) is 0. The average molecular weight is 143 g/mol. The minimum absolute atomic E-state index is 0.335. The van der Waals surface area contributed by atoms with Crippen molar-refractivity contribution in [3.8, 4) is 0 Å². The Balaban J connectivity index is 1.78. The van der Waals surface area contributed by atoms with Crippen molar-refractivity contribution >= 4 is 0 Å². The zero-order valence-corrected chi connectivity index (χ0v) is 6.64. The molecule has 2 atom stereocenters. The molecule has 0 radical (unpaired) electrons. The van der Waals surface area contributed by atoms with E-state index in [2.05, 4.69) is 12.2 Å². The van der Waals surface area contributed by atoms with Gasteiger partial charge >= 0.3 is 0 Å². The lowest BCUT2D eigenvalue weighted by atomic mass is 10.3. The summed E-state index contributed by atoms with van der Waals surface area (Å²) < 4.78 is 0. The highest BCUT2D eigenvalue weighted by molar-refractivity contribution is 4.89. The van der Waals surface area contributed by atoms with Crippen LogP contribution in [0.15, 0.2) is 0 Å². The third kappa shape index (κ3) is 2.67. The summed E-state index contributed by atoms with van der Waals surface area (Å²) in [6.45, 7) is 3.68. The highest BCUT2D eigenvalue weighted by Gasteiger charge is 2.31. The number of aliphatic hydroxyl groups excluding tert-OH is 1. The van der Waals surface area contributed by atoms with E-state index in [4.69, 9.17) is 5.11 Å². The Kier molecular flexibility index (Phi) is 3.16. The summed E-state index contributed by atoms with van der Waals surface area (Å²) in [6, 6.07) is 0.790. The summed E-state index contributed by atoms with van der Waals surface area (Å²) >= 11 is 0. The van der Waals surface area contributed by atoms with Gasteiger partial charge in [0.2, 0.25) is 0 Å². The minimum atomic E-state index is 0.335. The highest BCUT2D eigenvalue weighted by atomic mass is 16.2. The second-order valence-electron chi connectivity index (χ2n) is 3.20. The number of rotatable bonds is 5. The van der Waals surface area contributed by atoms with Gasteiger partial charge in [0.25, 0.3) is 0 Å². The first-order valence-electron chi connectivity index (χ1n) is 4.19. The predicted octanol–water partition coefficient (Wildman–Crippen LogP) is 0.757. The molecule has 0 aromatic carbocycles. The molecule has 0 spiro atoms. The van der Waals surface area contributed by atoms with Crippen LogP contribution in [0.4, 0.5) is 0 Å². The molecule has 1 fully saturated rings. The van der Waals surface area contributed by atoms with Gasteiger partial charge in [-0.25, -0.2) is 0 Å². The molecular formula is C8H17NO. The number of nitrogens with one attached hydrogen (secondary N) is 1. The Morgan fingerprint density at radius 3 is 2.70 bits per heavy atom. The molecule has 0 amide bonds. The molecule has 0 heterocycles. The lowest BCUT2D eigenvalue weighted by molar-refractivity contribution is 0.283. The molecule has 1 rings (SSSR count). The van der Waals surface area contributed by atoms with Crippen molar-refractivity contribution < 1.29 is 5.11 Å². The molecule has 1 aliphatic rings. The van der Waals surface area contributed by atoms with Gasteiger partial charge in [-0.15, -0.1) is 0 Å². The first kappa shape index (κ1) is 8.02. The maximum atomic E-state index is 8.47. The molecule has 1 saturated carbocycles. The summed E-state index contributed by atoms with van der Waals surface area (Å²) in [5, 5.41) is 11.9. The van der Waals surface area contributed by atoms with E-state index < -0.39 is 0 Å². The van der Waals surface area contributed by atoms with Crippen LogP contribution in [0, 0.1) is 5.92 Å². The van der Waals surface area contributed by atoms with E-state index in [1.54, 1.807) is 0 Å². The predicted molar refractivity (Wildman–Crippen MR) is 41.9 cm³/mol. The maximum Gasteiger partial charge on any atom is 0.0431 e. The summed E-state index contributed by atoms with van der Waals surface area (Å²) in [6.07, 6.45) is 3.40. The fraction of sp³-hybridized carbons (Fsp3) is 1.00. The molecule has 2 nitrogen and oxygen atoms in total. The quantitative estimate of drug-likeness (QED) is 0.557. The topological polar surface area (TPSA) is 32.3 Å². The second-order valence-corrected chi connectivity index (χ2v) is 3.20. The van der Waals surface area contributed by atoms with Crippen LogP contribution >= 0.6 is 0 Å². The van der Waals surface area contributed by atoms with E-state index in [0.29, 0.717) is 6.61 Å². The SMILES string of the molecule is CC1CC1NCCCCO. The molecule has 1 aliphatic carbocycles. The van der Waals surface area contributed by atoms with E-state index in [-0.39, 0.29) is 0 Å². The smallest absolute Gasteiger partial charge is 0.0431 e. The third-order valence-electron chi connectivity index (χ3n) is 2.10. The third-order valence-corrected chi connectivity index (χ3v) is 2.10. The monoisotopic (exact) mass is 143 g/mol. The zero-order chi connectivity index (χ0) is 7.40. The molecular weight excluding hydrogens is 126 g/mol. The van der Waals surface area contributed by atoms with Crippen molar-refractivity contribution in [1.82, 2.24) is 5.32 Å². The Bertz CT molecular complexity index is 95.3. The lowest BCUT2D eigenvalue weighted by Gasteiger charge is -2.00. The van der Waals surface area contributed by atoms with E-state index >= 15 is 0 Å². The molecule has 2 N–H and O–H groups in total. The van der Waals surface area contributed by atoms with E-state index in [1.165, 1.54) is 6.42 Å². The average Bonchev–Trinajstić information content (AvgIpc) is 2.60. The van der Waals surface area contributed by atoms with Gasteiger partial charge < -0.3 is 10.4 Å². The molecule has 0 aromatic rings. The van der Waals surface area contributed by atoms with Crippen LogP contribution in [-0.4, -0.2) is 24.3 Å². The van der Waals surface area contributed by atoms with Gasteiger partial charge in [-0.05, 0) is 31.7 Å². The van der Waals surface area contributed by atoms with Gasteiger partial charge in [0, 0.05) is 12.6 Å². The maximum absolute atomic E-state index is 8.47.